The van der Waals surface area contributed by atoms with Gasteiger partial charge in [0.1, 0.15) is 6.23 Å². The Morgan fingerprint density at radius 2 is 2.31 bits per heavy atom. The molecule has 0 spiro atoms. The summed E-state index contributed by atoms with van der Waals surface area (Å²) in [4.78, 5) is 1.83. The molecule has 1 fully saturated rings. The predicted molar refractivity (Wildman–Crippen MR) is 50.8 cm³/mol. The fraction of sp³-hybridized carbons (Fsp3) is 0.900. The molecule has 74 valence electrons. The molecule has 0 aromatic carbocycles. The molecule has 2 unspecified atom stereocenters. The summed E-state index contributed by atoms with van der Waals surface area (Å²) in [6, 6.07) is 0.411. The van der Waals surface area contributed by atoms with Gasteiger partial charge in [-0.3, -0.25) is 4.90 Å². The predicted octanol–water partition coefficient (Wildman–Crippen LogP) is 2.09. The van der Waals surface area contributed by atoms with E-state index in [9.17, 15) is 0 Å². The minimum absolute atomic E-state index is 0.0234. The van der Waals surface area contributed by atoms with Crippen LogP contribution in [-0.2, 0) is 4.74 Å². The summed E-state index contributed by atoms with van der Waals surface area (Å²) in [6.45, 7) is 2.16. The average Bonchev–Trinajstić information content (AvgIpc) is 2.18. The normalized spacial score (nSPS) is 28.5. The zero-order valence-corrected chi connectivity index (χ0v) is 8.49. The van der Waals surface area contributed by atoms with Gasteiger partial charge in [-0.25, -0.2) is 0 Å². The number of hydrogen-bond donors (Lipinski definition) is 0. The van der Waals surface area contributed by atoms with Crippen molar-refractivity contribution in [2.24, 2.45) is 0 Å². The maximum atomic E-state index is 8.99. The molecule has 0 amide bonds. The number of ether oxygens (including phenoxy) is 1. The third kappa shape index (κ3) is 2.35. The highest BCUT2D eigenvalue weighted by Gasteiger charge is 2.28. The van der Waals surface area contributed by atoms with Crippen molar-refractivity contribution in [3.05, 3.63) is 0 Å². The third-order valence-corrected chi connectivity index (χ3v) is 2.70. The Balaban J connectivity index is 2.57. The van der Waals surface area contributed by atoms with Gasteiger partial charge in [0.05, 0.1) is 0 Å². The summed E-state index contributed by atoms with van der Waals surface area (Å²) in [6.07, 6.45) is 7.83. The van der Waals surface area contributed by atoms with Crippen LogP contribution in [0.25, 0.3) is 0 Å². The van der Waals surface area contributed by atoms with E-state index in [0.717, 1.165) is 25.7 Å². The zero-order valence-electron chi connectivity index (χ0n) is 8.49. The van der Waals surface area contributed by atoms with Crippen molar-refractivity contribution >= 4 is 0 Å². The molecule has 0 bridgehead atoms. The first kappa shape index (κ1) is 10.3. The van der Waals surface area contributed by atoms with Gasteiger partial charge in [0.25, 0.3) is 0 Å². The lowest BCUT2D eigenvalue weighted by Gasteiger charge is -2.37. The number of nitrogens with zero attached hydrogens (tertiary/aromatic N) is 2. The zero-order chi connectivity index (χ0) is 9.68. The molecule has 0 N–H and O–H groups in total. The summed E-state index contributed by atoms with van der Waals surface area (Å²) in [5.41, 5.74) is 0. The van der Waals surface area contributed by atoms with Crippen LogP contribution in [0, 0.1) is 11.5 Å². The van der Waals surface area contributed by atoms with Crippen molar-refractivity contribution in [3.63, 3.8) is 0 Å². The van der Waals surface area contributed by atoms with Gasteiger partial charge in [0.2, 0.25) is 0 Å². The van der Waals surface area contributed by atoms with Crippen molar-refractivity contribution in [3.8, 4) is 6.19 Å². The second-order valence-corrected chi connectivity index (χ2v) is 3.57. The minimum Gasteiger partial charge on any atom is -0.361 e. The molecule has 3 nitrogen and oxygen atoms in total. The lowest BCUT2D eigenvalue weighted by atomic mass is 9.98. The van der Waals surface area contributed by atoms with Crippen LogP contribution in [0.4, 0.5) is 0 Å². The summed E-state index contributed by atoms with van der Waals surface area (Å²) < 4.78 is 5.27. The van der Waals surface area contributed by atoms with Gasteiger partial charge < -0.3 is 4.74 Å². The van der Waals surface area contributed by atoms with Crippen molar-refractivity contribution in [1.29, 1.82) is 5.26 Å². The van der Waals surface area contributed by atoms with Crippen LogP contribution in [0.3, 0.4) is 0 Å². The van der Waals surface area contributed by atoms with E-state index in [4.69, 9.17) is 10.00 Å². The number of rotatable bonds is 3. The molecule has 13 heavy (non-hydrogen) atoms. The fourth-order valence-electron chi connectivity index (χ4n) is 2.04. The molecule has 0 aromatic heterocycles. The maximum Gasteiger partial charge on any atom is 0.181 e. The SMILES string of the molecule is CCCC1CCCC(OC)N1C#N. The van der Waals surface area contributed by atoms with Crippen LogP contribution in [0.5, 0.6) is 0 Å². The smallest absolute Gasteiger partial charge is 0.181 e. The Hall–Kier alpha value is -0.750. The van der Waals surface area contributed by atoms with Crippen molar-refractivity contribution < 1.29 is 4.74 Å². The van der Waals surface area contributed by atoms with E-state index in [1.165, 1.54) is 6.42 Å². The lowest BCUT2D eigenvalue weighted by molar-refractivity contribution is -0.0505. The Morgan fingerprint density at radius 1 is 1.54 bits per heavy atom. The van der Waals surface area contributed by atoms with Gasteiger partial charge in [0, 0.05) is 13.2 Å². The number of hydrogen-bond acceptors (Lipinski definition) is 3. The molecule has 1 heterocycles. The summed E-state index contributed by atoms with van der Waals surface area (Å²) in [5.74, 6) is 0. The molecular weight excluding hydrogens is 164 g/mol. The quantitative estimate of drug-likeness (QED) is 0.627. The van der Waals surface area contributed by atoms with Crippen LogP contribution in [0.15, 0.2) is 0 Å². The molecule has 0 radical (unpaired) electrons. The van der Waals surface area contributed by atoms with E-state index in [1.54, 1.807) is 7.11 Å². The van der Waals surface area contributed by atoms with Gasteiger partial charge in [-0.1, -0.05) is 13.3 Å². The number of likely N-dealkylation sites (tertiary alicyclic amines) is 1. The highest BCUT2D eigenvalue weighted by molar-refractivity contribution is 4.88. The first-order valence-corrected chi connectivity index (χ1v) is 5.04. The Morgan fingerprint density at radius 3 is 2.85 bits per heavy atom. The Labute approximate surface area is 80.3 Å². The lowest BCUT2D eigenvalue weighted by Crippen LogP contribution is -2.44. The van der Waals surface area contributed by atoms with Gasteiger partial charge >= 0.3 is 0 Å². The van der Waals surface area contributed by atoms with Crippen molar-refractivity contribution in [2.45, 2.75) is 51.3 Å². The van der Waals surface area contributed by atoms with Crippen LogP contribution >= 0.6 is 0 Å². The first-order chi connectivity index (χ1) is 6.33. The summed E-state index contributed by atoms with van der Waals surface area (Å²) >= 11 is 0. The van der Waals surface area contributed by atoms with Crippen LogP contribution < -0.4 is 0 Å². The minimum atomic E-state index is 0.0234. The number of methoxy groups -OCH3 is 1. The molecule has 0 aromatic rings. The summed E-state index contributed by atoms with van der Waals surface area (Å²) in [7, 11) is 1.68. The van der Waals surface area contributed by atoms with Crippen LogP contribution in [0.2, 0.25) is 0 Å². The van der Waals surface area contributed by atoms with Crippen molar-refractivity contribution in [1.82, 2.24) is 4.90 Å². The third-order valence-electron chi connectivity index (χ3n) is 2.70. The van der Waals surface area contributed by atoms with Crippen LogP contribution in [-0.4, -0.2) is 24.3 Å². The monoisotopic (exact) mass is 182 g/mol. The molecule has 3 heteroatoms. The molecule has 1 aliphatic heterocycles. The van der Waals surface area contributed by atoms with Crippen molar-refractivity contribution in [2.75, 3.05) is 7.11 Å². The molecule has 0 saturated carbocycles. The maximum absolute atomic E-state index is 8.99. The second-order valence-electron chi connectivity index (χ2n) is 3.57. The molecule has 1 rings (SSSR count). The molecule has 2 atom stereocenters. The van der Waals surface area contributed by atoms with Gasteiger partial charge in [-0.05, 0) is 25.7 Å². The van der Waals surface area contributed by atoms with Gasteiger partial charge in [-0.15, -0.1) is 0 Å². The van der Waals surface area contributed by atoms with Crippen LogP contribution in [0.1, 0.15) is 39.0 Å². The molecule has 0 aliphatic carbocycles. The number of nitriles is 1. The largest absolute Gasteiger partial charge is 0.361 e. The first-order valence-electron chi connectivity index (χ1n) is 5.04. The second kappa shape index (κ2) is 5.08. The standard InChI is InChI=1S/C10H18N2O/c1-3-5-9-6-4-7-10(13-2)12(9)8-11/h9-10H,3-7H2,1-2H3. The molecular formula is C10H18N2O. The van der Waals surface area contributed by atoms with E-state index < -0.39 is 0 Å². The Bertz CT molecular complexity index is 186. The number of piperidine rings is 1. The summed E-state index contributed by atoms with van der Waals surface area (Å²) in [5, 5.41) is 8.99. The van der Waals surface area contributed by atoms with E-state index in [0.29, 0.717) is 6.04 Å². The van der Waals surface area contributed by atoms with Gasteiger partial charge in [-0.2, -0.15) is 5.26 Å². The van der Waals surface area contributed by atoms with E-state index >= 15 is 0 Å². The molecule has 1 aliphatic rings. The van der Waals surface area contributed by atoms with E-state index in [-0.39, 0.29) is 6.23 Å². The average molecular weight is 182 g/mol. The highest BCUT2D eigenvalue weighted by atomic mass is 16.5. The van der Waals surface area contributed by atoms with Gasteiger partial charge in [0.15, 0.2) is 6.19 Å². The topological polar surface area (TPSA) is 36.3 Å². The Kier molecular flexibility index (Phi) is 4.04. The fourth-order valence-corrected chi connectivity index (χ4v) is 2.04. The molecule has 1 saturated heterocycles. The highest BCUT2D eigenvalue weighted by Crippen LogP contribution is 2.25. The van der Waals surface area contributed by atoms with E-state index in [2.05, 4.69) is 13.1 Å². The van der Waals surface area contributed by atoms with E-state index in [1.807, 2.05) is 4.90 Å².